The minimum Gasteiger partial charge on any atom is -0.493 e. The predicted molar refractivity (Wildman–Crippen MR) is 61.2 cm³/mol. The molecule has 0 saturated heterocycles. The van der Waals surface area contributed by atoms with Crippen LogP contribution in [0.2, 0.25) is 0 Å². The van der Waals surface area contributed by atoms with Crippen LogP contribution in [0.25, 0.3) is 0 Å². The van der Waals surface area contributed by atoms with Crippen LogP contribution in [0.3, 0.4) is 0 Å². The average Bonchev–Trinajstić information content (AvgIpc) is 2.28. The van der Waals surface area contributed by atoms with Gasteiger partial charge in [-0.15, -0.1) is 0 Å². The van der Waals surface area contributed by atoms with Crippen molar-refractivity contribution in [3.8, 4) is 11.5 Å². The average molecular weight is 294 g/mol. The van der Waals surface area contributed by atoms with Gasteiger partial charge in [-0.3, -0.25) is 0 Å². The molecule has 0 aromatic heterocycles. The van der Waals surface area contributed by atoms with E-state index in [-0.39, 0.29) is 18.1 Å². The number of hydrogen-bond donors (Lipinski definition) is 2. The van der Waals surface area contributed by atoms with Gasteiger partial charge in [0.25, 0.3) is 0 Å². The molecule has 0 radical (unpaired) electrons. The third-order valence-electron chi connectivity index (χ3n) is 2.16. The van der Waals surface area contributed by atoms with Crippen LogP contribution in [-0.4, -0.2) is 25.9 Å². The molecule has 0 spiro atoms. The quantitative estimate of drug-likeness (QED) is 0.885. The molecule has 1 aromatic rings. The molecule has 4 nitrogen and oxygen atoms in total. The minimum atomic E-state index is -0.702. The smallest absolute Gasteiger partial charge is 0.208 e. The lowest BCUT2D eigenvalue weighted by molar-refractivity contribution is 0.262. The Hall–Kier alpha value is -0.850. The van der Waals surface area contributed by atoms with Gasteiger partial charge in [-0.25, -0.2) is 0 Å². The first kappa shape index (κ1) is 13.2. The maximum absolute atomic E-state index is 13.9. The molecular formula is C10H13BrFNO3. The van der Waals surface area contributed by atoms with Gasteiger partial charge in [0.05, 0.1) is 31.3 Å². The Labute approximate surface area is 101 Å². The van der Waals surface area contributed by atoms with Crippen molar-refractivity contribution in [2.75, 3.05) is 20.8 Å². The molecule has 6 heteroatoms. The molecule has 16 heavy (non-hydrogen) atoms. The Morgan fingerprint density at radius 1 is 1.44 bits per heavy atom. The Kier molecular flexibility index (Phi) is 4.52. The minimum absolute atomic E-state index is 0.0124. The third-order valence-corrected chi connectivity index (χ3v) is 2.75. The van der Waals surface area contributed by atoms with E-state index in [4.69, 9.17) is 20.3 Å². The second-order valence-electron chi connectivity index (χ2n) is 3.12. The van der Waals surface area contributed by atoms with Crippen LogP contribution in [0.5, 0.6) is 11.5 Å². The predicted octanol–water partition coefficient (Wildman–Crippen LogP) is 1.60. The molecule has 0 aliphatic heterocycles. The van der Waals surface area contributed by atoms with Crippen LogP contribution in [0.1, 0.15) is 11.6 Å². The van der Waals surface area contributed by atoms with E-state index < -0.39 is 11.9 Å². The Morgan fingerprint density at radius 3 is 2.44 bits per heavy atom. The number of hydrogen-bond acceptors (Lipinski definition) is 4. The first-order valence-electron chi connectivity index (χ1n) is 4.53. The number of ether oxygens (including phenoxy) is 2. The third kappa shape index (κ3) is 2.28. The van der Waals surface area contributed by atoms with E-state index in [1.807, 2.05) is 0 Å². The van der Waals surface area contributed by atoms with Gasteiger partial charge < -0.3 is 20.3 Å². The molecule has 0 amide bonds. The zero-order valence-electron chi connectivity index (χ0n) is 8.96. The summed E-state index contributed by atoms with van der Waals surface area (Å²) in [5.41, 5.74) is 6.03. The number of halogens is 2. The van der Waals surface area contributed by atoms with Gasteiger partial charge in [0.15, 0.2) is 11.5 Å². The van der Waals surface area contributed by atoms with Crippen LogP contribution < -0.4 is 15.2 Å². The van der Waals surface area contributed by atoms with Gasteiger partial charge in [0.2, 0.25) is 5.82 Å². The molecule has 1 aromatic carbocycles. The molecule has 0 heterocycles. The fraction of sp³-hybridized carbons (Fsp3) is 0.400. The zero-order chi connectivity index (χ0) is 12.3. The monoisotopic (exact) mass is 293 g/mol. The number of nitrogens with two attached hydrogens (primary N) is 1. The lowest BCUT2D eigenvalue weighted by atomic mass is 10.1. The Morgan fingerprint density at radius 2 is 2.00 bits per heavy atom. The molecular weight excluding hydrogens is 281 g/mol. The van der Waals surface area contributed by atoms with Crippen LogP contribution in [0.4, 0.5) is 4.39 Å². The Bertz CT molecular complexity index is 387. The van der Waals surface area contributed by atoms with E-state index >= 15 is 0 Å². The van der Waals surface area contributed by atoms with E-state index in [1.165, 1.54) is 14.2 Å². The van der Waals surface area contributed by atoms with Gasteiger partial charge in [0, 0.05) is 5.56 Å². The largest absolute Gasteiger partial charge is 0.493 e. The molecule has 1 rings (SSSR count). The highest BCUT2D eigenvalue weighted by atomic mass is 79.9. The summed E-state index contributed by atoms with van der Waals surface area (Å²) in [6.07, 6.45) is 0. The first-order chi connectivity index (χ1) is 7.56. The summed E-state index contributed by atoms with van der Waals surface area (Å²) in [6.45, 7) is -0.297. The fourth-order valence-corrected chi connectivity index (χ4v) is 1.95. The van der Waals surface area contributed by atoms with E-state index in [9.17, 15) is 4.39 Å². The summed E-state index contributed by atoms with van der Waals surface area (Å²) in [7, 11) is 2.69. The van der Waals surface area contributed by atoms with Gasteiger partial charge in [-0.1, -0.05) is 0 Å². The Balaban J connectivity index is 3.40. The normalized spacial score (nSPS) is 12.4. The van der Waals surface area contributed by atoms with Crippen molar-refractivity contribution in [3.63, 3.8) is 0 Å². The van der Waals surface area contributed by atoms with Crippen LogP contribution in [0.15, 0.2) is 10.5 Å². The van der Waals surface area contributed by atoms with Crippen molar-refractivity contribution in [2.24, 2.45) is 5.73 Å². The van der Waals surface area contributed by atoms with Crippen molar-refractivity contribution < 1.29 is 19.0 Å². The number of aliphatic hydroxyl groups is 1. The summed E-state index contributed by atoms with van der Waals surface area (Å²) < 4.78 is 24.1. The summed E-state index contributed by atoms with van der Waals surface area (Å²) >= 11 is 3.16. The van der Waals surface area contributed by atoms with E-state index in [1.54, 1.807) is 6.07 Å². The molecule has 0 bridgehead atoms. The summed E-state index contributed by atoms with van der Waals surface area (Å²) in [5.74, 6) is -0.606. The molecule has 90 valence electrons. The molecule has 3 N–H and O–H groups in total. The molecule has 0 aliphatic rings. The van der Waals surface area contributed by atoms with Gasteiger partial charge in [-0.2, -0.15) is 4.39 Å². The van der Waals surface area contributed by atoms with E-state index in [2.05, 4.69) is 15.9 Å². The van der Waals surface area contributed by atoms with Crippen molar-refractivity contribution in [1.29, 1.82) is 0 Å². The maximum atomic E-state index is 13.9. The lowest BCUT2D eigenvalue weighted by Gasteiger charge is -2.17. The van der Waals surface area contributed by atoms with E-state index in [0.29, 0.717) is 10.0 Å². The van der Waals surface area contributed by atoms with Crippen molar-refractivity contribution in [3.05, 3.63) is 21.9 Å². The SMILES string of the molecule is COc1c(Br)cc(C(N)CO)c(OC)c1F. The van der Waals surface area contributed by atoms with Gasteiger partial charge in [-0.05, 0) is 22.0 Å². The van der Waals surface area contributed by atoms with Gasteiger partial charge in [0.1, 0.15) is 0 Å². The lowest BCUT2D eigenvalue weighted by Crippen LogP contribution is -2.16. The highest BCUT2D eigenvalue weighted by Crippen LogP contribution is 2.38. The van der Waals surface area contributed by atoms with E-state index in [0.717, 1.165) is 0 Å². The number of rotatable bonds is 4. The first-order valence-corrected chi connectivity index (χ1v) is 5.32. The summed E-state index contributed by atoms with van der Waals surface area (Å²) in [4.78, 5) is 0. The molecule has 1 atom stereocenters. The number of methoxy groups -OCH3 is 2. The summed E-state index contributed by atoms with van der Waals surface area (Å²) in [5, 5.41) is 8.97. The second-order valence-corrected chi connectivity index (χ2v) is 3.97. The summed E-state index contributed by atoms with van der Waals surface area (Å²) in [6, 6.07) is 0.869. The van der Waals surface area contributed by atoms with Crippen molar-refractivity contribution >= 4 is 15.9 Å². The topological polar surface area (TPSA) is 64.7 Å². The highest BCUT2D eigenvalue weighted by Gasteiger charge is 2.21. The van der Waals surface area contributed by atoms with Crippen LogP contribution >= 0.6 is 15.9 Å². The molecule has 1 unspecified atom stereocenters. The standard InChI is InChI=1S/C10H13BrFNO3/c1-15-9-5(7(13)4-14)3-6(11)10(16-2)8(9)12/h3,7,14H,4,13H2,1-2H3. The zero-order valence-corrected chi connectivity index (χ0v) is 10.5. The van der Waals surface area contributed by atoms with Crippen molar-refractivity contribution in [1.82, 2.24) is 0 Å². The number of benzene rings is 1. The fourth-order valence-electron chi connectivity index (χ4n) is 1.37. The highest BCUT2D eigenvalue weighted by molar-refractivity contribution is 9.10. The van der Waals surface area contributed by atoms with Crippen molar-refractivity contribution in [2.45, 2.75) is 6.04 Å². The molecule has 0 aliphatic carbocycles. The molecule has 0 fully saturated rings. The van der Waals surface area contributed by atoms with Crippen LogP contribution in [-0.2, 0) is 0 Å². The maximum Gasteiger partial charge on any atom is 0.208 e. The molecule has 0 saturated carbocycles. The van der Waals surface area contributed by atoms with Gasteiger partial charge >= 0.3 is 0 Å². The number of aliphatic hydroxyl groups excluding tert-OH is 1. The second kappa shape index (κ2) is 5.47. The van der Waals surface area contributed by atoms with Crippen LogP contribution in [0, 0.1) is 5.82 Å².